The van der Waals surface area contributed by atoms with Crippen LogP contribution < -0.4 is 11.5 Å². The predicted molar refractivity (Wildman–Crippen MR) is 101 cm³/mol. The van der Waals surface area contributed by atoms with Crippen LogP contribution in [0.1, 0.15) is 33.7 Å². The molecule has 0 saturated heterocycles. The Morgan fingerprint density at radius 3 is 2.67 bits per heavy atom. The highest BCUT2D eigenvalue weighted by molar-refractivity contribution is 5.91. The number of fused-ring (bicyclic) bond motifs is 1. The van der Waals surface area contributed by atoms with Crippen molar-refractivity contribution in [2.45, 2.75) is 33.0 Å². The summed E-state index contributed by atoms with van der Waals surface area (Å²) in [6, 6.07) is 6.91. The number of hydrogen-bond acceptors (Lipinski definition) is 6. The molecule has 2 N–H and O–H groups in total. The van der Waals surface area contributed by atoms with E-state index in [0.29, 0.717) is 17.2 Å². The van der Waals surface area contributed by atoms with Crippen LogP contribution >= 0.6 is 0 Å². The normalized spacial score (nSPS) is 12.4. The van der Waals surface area contributed by atoms with Gasteiger partial charge in [-0.25, -0.2) is 14.6 Å². The summed E-state index contributed by atoms with van der Waals surface area (Å²) in [5.41, 5.74) is 6.23. The van der Waals surface area contributed by atoms with Crippen LogP contribution in [0.4, 0.5) is 13.2 Å². The number of amidine groups is 1. The predicted octanol–water partition coefficient (Wildman–Crippen LogP) is 3.14. The van der Waals surface area contributed by atoms with E-state index < -0.39 is 23.6 Å². The van der Waals surface area contributed by atoms with Crippen LogP contribution in [0.3, 0.4) is 0 Å². The first-order chi connectivity index (χ1) is 14.1. The van der Waals surface area contributed by atoms with Crippen LogP contribution in [-0.2, 0) is 17.6 Å². The first-order valence-corrected chi connectivity index (χ1v) is 8.75. The summed E-state index contributed by atoms with van der Waals surface area (Å²) in [6.45, 7) is 3.25. The lowest BCUT2D eigenvalue weighted by molar-refractivity contribution is -0.141. The molecule has 2 aromatic heterocycles. The molecule has 0 bridgehead atoms. The topological polar surface area (TPSA) is 113 Å². The van der Waals surface area contributed by atoms with E-state index in [-0.39, 0.29) is 30.1 Å². The van der Waals surface area contributed by atoms with E-state index in [0.717, 1.165) is 11.6 Å². The third-order valence-corrected chi connectivity index (χ3v) is 4.26. The maximum atomic E-state index is 12.7. The highest BCUT2D eigenvalue weighted by Crippen LogP contribution is 2.28. The van der Waals surface area contributed by atoms with Crippen molar-refractivity contribution in [3.05, 3.63) is 63.4 Å². The van der Waals surface area contributed by atoms with Crippen molar-refractivity contribution < 1.29 is 27.2 Å². The Morgan fingerprint density at radius 1 is 1.27 bits per heavy atom. The van der Waals surface area contributed by atoms with E-state index in [9.17, 15) is 22.8 Å². The second kappa shape index (κ2) is 8.01. The molecule has 0 unspecified atom stereocenters. The molecule has 0 atom stereocenters. The van der Waals surface area contributed by atoms with Crippen molar-refractivity contribution in [2.75, 3.05) is 0 Å². The molecular formula is C19H17F3N4O4. The van der Waals surface area contributed by atoms with Crippen molar-refractivity contribution in [1.29, 1.82) is 0 Å². The van der Waals surface area contributed by atoms with Crippen molar-refractivity contribution in [3.63, 3.8) is 0 Å². The summed E-state index contributed by atoms with van der Waals surface area (Å²) >= 11 is 0. The lowest BCUT2D eigenvalue weighted by Crippen LogP contribution is -2.21. The number of alkyl halides is 3. The molecule has 0 aliphatic rings. The number of halogens is 3. The van der Waals surface area contributed by atoms with Gasteiger partial charge in [0.2, 0.25) is 0 Å². The first-order valence-electron chi connectivity index (χ1n) is 8.75. The summed E-state index contributed by atoms with van der Waals surface area (Å²) in [5, 5.41) is 3.49. The van der Waals surface area contributed by atoms with Gasteiger partial charge in [-0.05, 0) is 43.7 Å². The largest absolute Gasteiger partial charge is 0.433 e. The standard InChI is InChI=1S/C19H17F3N4O4/c1-10-3-5-14-13(9-10)26(18(28)29-14)8-7-16(23)25-30-17(27)12-4-6-15(19(20,21)22)24-11(12)2/h3-6,9H,7-8H2,1-2H3,(H2,23,25). The minimum atomic E-state index is -4.62. The number of carbonyl (C=O) groups excluding carboxylic acids is 1. The van der Waals surface area contributed by atoms with Crippen LogP contribution in [0.2, 0.25) is 0 Å². The summed E-state index contributed by atoms with van der Waals surface area (Å²) in [4.78, 5) is 32.1. The fourth-order valence-corrected chi connectivity index (χ4v) is 2.74. The monoisotopic (exact) mass is 422 g/mol. The Morgan fingerprint density at radius 2 is 2.00 bits per heavy atom. The van der Waals surface area contributed by atoms with Gasteiger partial charge in [-0.3, -0.25) is 4.57 Å². The van der Waals surface area contributed by atoms with E-state index in [1.54, 1.807) is 12.1 Å². The van der Waals surface area contributed by atoms with E-state index in [2.05, 4.69) is 10.1 Å². The Bertz CT molecular complexity index is 1190. The van der Waals surface area contributed by atoms with Crippen LogP contribution in [0.5, 0.6) is 0 Å². The zero-order valence-electron chi connectivity index (χ0n) is 16.0. The molecular weight excluding hydrogens is 405 g/mol. The number of oxime groups is 1. The number of aryl methyl sites for hydroxylation is 3. The molecule has 0 spiro atoms. The fourth-order valence-electron chi connectivity index (χ4n) is 2.74. The van der Waals surface area contributed by atoms with Crippen molar-refractivity contribution in [1.82, 2.24) is 9.55 Å². The number of pyridine rings is 1. The number of hydrogen-bond donors (Lipinski definition) is 1. The van der Waals surface area contributed by atoms with Crippen LogP contribution in [-0.4, -0.2) is 21.4 Å². The van der Waals surface area contributed by atoms with Gasteiger partial charge >= 0.3 is 17.9 Å². The lowest BCUT2D eigenvalue weighted by atomic mass is 10.2. The summed E-state index contributed by atoms with van der Waals surface area (Å²) < 4.78 is 44.5. The number of benzene rings is 1. The number of carbonyl (C=O) groups is 1. The highest BCUT2D eigenvalue weighted by Gasteiger charge is 2.33. The van der Waals surface area contributed by atoms with Gasteiger partial charge in [0.05, 0.1) is 16.8 Å². The molecule has 3 aromatic rings. The maximum absolute atomic E-state index is 12.7. The van der Waals surface area contributed by atoms with Gasteiger partial charge < -0.3 is 15.0 Å². The minimum absolute atomic E-state index is 0.0694. The smallest absolute Gasteiger partial charge is 0.408 e. The average molecular weight is 422 g/mol. The molecule has 0 radical (unpaired) electrons. The van der Waals surface area contributed by atoms with Crippen LogP contribution in [0, 0.1) is 13.8 Å². The van der Waals surface area contributed by atoms with Crippen molar-refractivity contribution in [3.8, 4) is 0 Å². The first kappa shape index (κ1) is 21.1. The lowest BCUT2D eigenvalue weighted by Gasteiger charge is -2.08. The summed E-state index contributed by atoms with van der Waals surface area (Å²) in [6.07, 6.45) is -4.55. The number of nitrogens with zero attached hydrogens (tertiary/aromatic N) is 3. The fraction of sp³-hybridized carbons (Fsp3) is 0.263. The van der Waals surface area contributed by atoms with Gasteiger partial charge in [-0.1, -0.05) is 11.2 Å². The molecule has 158 valence electrons. The summed E-state index contributed by atoms with van der Waals surface area (Å²) in [5.74, 6) is -1.65. The average Bonchev–Trinajstić information content (AvgIpc) is 2.98. The van der Waals surface area contributed by atoms with Gasteiger partial charge in [-0.15, -0.1) is 0 Å². The number of aromatic nitrogens is 2. The molecule has 0 aliphatic carbocycles. The summed E-state index contributed by atoms with van der Waals surface area (Å²) in [7, 11) is 0. The molecule has 0 fully saturated rings. The van der Waals surface area contributed by atoms with Gasteiger partial charge in [-0.2, -0.15) is 13.2 Å². The Kier molecular flexibility index (Phi) is 5.63. The van der Waals surface area contributed by atoms with Crippen molar-refractivity contribution >= 4 is 22.9 Å². The second-order valence-corrected chi connectivity index (χ2v) is 6.53. The van der Waals surface area contributed by atoms with E-state index in [4.69, 9.17) is 15.0 Å². The molecule has 8 nitrogen and oxygen atoms in total. The number of rotatable bonds is 5. The Balaban J connectivity index is 1.67. The zero-order chi connectivity index (χ0) is 22.1. The van der Waals surface area contributed by atoms with Crippen molar-refractivity contribution in [2.24, 2.45) is 10.9 Å². The SMILES string of the molecule is Cc1ccc2oc(=O)n(CCC(N)=NOC(=O)c3ccc(C(F)(F)F)nc3C)c2c1. The maximum Gasteiger partial charge on any atom is 0.433 e. The molecule has 0 saturated carbocycles. The Labute approximate surface area is 167 Å². The van der Waals surface area contributed by atoms with Gasteiger partial charge in [0.25, 0.3) is 0 Å². The van der Waals surface area contributed by atoms with Gasteiger partial charge in [0, 0.05) is 13.0 Å². The zero-order valence-corrected chi connectivity index (χ0v) is 16.0. The second-order valence-electron chi connectivity index (χ2n) is 6.53. The minimum Gasteiger partial charge on any atom is -0.408 e. The van der Waals surface area contributed by atoms with Crippen LogP contribution in [0.15, 0.2) is 44.7 Å². The third kappa shape index (κ3) is 4.50. The molecule has 3 rings (SSSR count). The van der Waals surface area contributed by atoms with E-state index in [1.807, 2.05) is 13.0 Å². The van der Waals surface area contributed by atoms with Crippen LogP contribution in [0.25, 0.3) is 11.1 Å². The molecule has 2 heterocycles. The Hall–Kier alpha value is -3.63. The van der Waals surface area contributed by atoms with E-state index in [1.165, 1.54) is 11.5 Å². The van der Waals surface area contributed by atoms with Gasteiger partial charge in [0.15, 0.2) is 5.58 Å². The molecule has 11 heteroatoms. The van der Waals surface area contributed by atoms with E-state index >= 15 is 0 Å². The molecule has 0 amide bonds. The number of nitrogens with two attached hydrogens (primary N) is 1. The highest BCUT2D eigenvalue weighted by atomic mass is 19.4. The van der Waals surface area contributed by atoms with Gasteiger partial charge in [0.1, 0.15) is 11.5 Å². The molecule has 30 heavy (non-hydrogen) atoms. The third-order valence-electron chi connectivity index (χ3n) is 4.26. The quantitative estimate of drug-likeness (QED) is 0.293. The molecule has 1 aromatic carbocycles. The number of oxazole rings is 1. The molecule has 0 aliphatic heterocycles.